The Bertz CT molecular complexity index is 1760. The minimum atomic E-state index is -4.72. The predicted molar refractivity (Wildman–Crippen MR) is 152 cm³/mol. The van der Waals surface area contributed by atoms with Crippen LogP contribution in [0, 0.1) is 5.92 Å². The minimum absolute atomic E-state index is 0.0235. The molecule has 1 N–H and O–H groups in total. The van der Waals surface area contributed by atoms with Crippen molar-refractivity contribution in [3.05, 3.63) is 97.5 Å². The van der Waals surface area contributed by atoms with Crippen molar-refractivity contribution in [2.45, 2.75) is 52.4 Å². The summed E-state index contributed by atoms with van der Waals surface area (Å²) in [5.74, 6) is -0.609. The lowest BCUT2D eigenvalue weighted by atomic mass is 9.97. The van der Waals surface area contributed by atoms with Crippen LogP contribution in [0.4, 0.5) is 13.2 Å². The highest BCUT2D eigenvalue weighted by molar-refractivity contribution is 6.31. The van der Waals surface area contributed by atoms with E-state index >= 15 is 0 Å². The summed E-state index contributed by atoms with van der Waals surface area (Å²) in [6.45, 7) is 5.82. The van der Waals surface area contributed by atoms with E-state index in [0.29, 0.717) is 34.6 Å². The zero-order valence-corrected chi connectivity index (χ0v) is 24.2. The van der Waals surface area contributed by atoms with Crippen LogP contribution in [0.1, 0.15) is 63.9 Å². The predicted octanol–water partition coefficient (Wildman–Crippen LogP) is 5.30. The van der Waals surface area contributed by atoms with Crippen molar-refractivity contribution < 1.29 is 22.8 Å². The van der Waals surface area contributed by atoms with Gasteiger partial charge in [0, 0.05) is 35.3 Å². The Kier molecular flexibility index (Phi) is 7.65. The first-order valence-corrected chi connectivity index (χ1v) is 13.8. The highest BCUT2D eigenvalue weighted by Gasteiger charge is 2.36. The van der Waals surface area contributed by atoms with Gasteiger partial charge in [0.25, 0.3) is 17.4 Å². The summed E-state index contributed by atoms with van der Waals surface area (Å²) in [7, 11) is 1.54. The number of carbonyl (C=O) groups is 2. The summed E-state index contributed by atoms with van der Waals surface area (Å²) in [6.07, 6.45) is -2.22. The molecule has 42 heavy (non-hydrogen) atoms. The Labute approximate surface area is 244 Å². The molecule has 2 amide bonds. The van der Waals surface area contributed by atoms with Crippen molar-refractivity contribution in [3.8, 4) is 5.69 Å². The summed E-state index contributed by atoms with van der Waals surface area (Å²) < 4.78 is 43.7. The normalized spacial score (nSPS) is 15.3. The fourth-order valence-corrected chi connectivity index (χ4v) is 5.65. The SMILES string of the molecule is CNC(=O)c1ccc(-n2c(=O)c3c(n4ncc(CC(C)C)c24)CN(C(=O)c2ccc(Cl)c(C(F)(F)F)c2)C(C)C3)cc1. The number of hydrogen-bond acceptors (Lipinski definition) is 4. The third-order valence-corrected chi connectivity index (χ3v) is 7.80. The monoisotopic (exact) mass is 599 g/mol. The summed E-state index contributed by atoms with van der Waals surface area (Å²) in [6, 6.07) is 9.29. The van der Waals surface area contributed by atoms with Crippen molar-refractivity contribution in [1.29, 1.82) is 0 Å². The van der Waals surface area contributed by atoms with Crippen LogP contribution in [-0.2, 0) is 25.6 Å². The van der Waals surface area contributed by atoms with E-state index in [1.165, 1.54) is 18.0 Å². The van der Waals surface area contributed by atoms with Crippen LogP contribution in [0.25, 0.3) is 11.3 Å². The molecule has 2 aromatic carbocycles. The molecule has 0 saturated carbocycles. The molecule has 3 heterocycles. The molecular weight excluding hydrogens is 571 g/mol. The topological polar surface area (TPSA) is 88.7 Å². The van der Waals surface area contributed by atoms with Crippen molar-refractivity contribution >= 4 is 29.1 Å². The van der Waals surface area contributed by atoms with Crippen LogP contribution in [-0.4, -0.2) is 44.0 Å². The number of fused-ring (bicyclic) bond motifs is 3. The third-order valence-electron chi connectivity index (χ3n) is 7.47. The number of nitrogens with one attached hydrogen (secondary N) is 1. The van der Waals surface area contributed by atoms with Gasteiger partial charge in [0.1, 0.15) is 5.65 Å². The molecule has 1 unspecified atom stereocenters. The zero-order chi connectivity index (χ0) is 30.5. The molecule has 2 aromatic heterocycles. The van der Waals surface area contributed by atoms with E-state index in [4.69, 9.17) is 11.6 Å². The van der Waals surface area contributed by atoms with Crippen molar-refractivity contribution in [3.63, 3.8) is 0 Å². The summed E-state index contributed by atoms with van der Waals surface area (Å²) in [5.41, 5.74) is 1.80. The minimum Gasteiger partial charge on any atom is -0.355 e. The number of rotatable bonds is 5. The van der Waals surface area contributed by atoms with Crippen LogP contribution in [0.3, 0.4) is 0 Å². The van der Waals surface area contributed by atoms with Gasteiger partial charge in [-0.15, -0.1) is 0 Å². The second kappa shape index (κ2) is 10.9. The first-order chi connectivity index (χ1) is 19.8. The number of amides is 2. The molecule has 1 aliphatic rings. The van der Waals surface area contributed by atoms with Crippen LogP contribution < -0.4 is 10.9 Å². The van der Waals surface area contributed by atoms with Gasteiger partial charge < -0.3 is 10.2 Å². The molecule has 0 aliphatic carbocycles. The van der Waals surface area contributed by atoms with Crippen molar-refractivity contribution in [1.82, 2.24) is 24.4 Å². The number of aromatic nitrogens is 3. The summed E-state index contributed by atoms with van der Waals surface area (Å²) >= 11 is 5.77. The van der Waals surface area contributed by atoms with Gasteiger partial charge in [-0.05, 0) is 68.1 Å². The summed E-state index contributed by atoms with van der Waals surface area (Å²) in [4.78, 5) is 41.2. The smallest absolute Gasteiger partial charge is 0.355 e. The van der Waals surface area contributed by atoms with E-state index in [2.05, 4.69) is 10.4 Å². The number of alkyl halides is 3. The third kappa shape index (κ3) is 5.17. The molecule has 0 fully saturated rings. The van der Waals surface area contributed by atoms with Gasteiger partial charge in [-0.3, -0.25) is 19.0 Å². The maximum absolute atomic E-state index is 14.1. The molecule has 220 valence electrons. The van der Waals surface area contributed by atoms with Gasteiger partial charge in [-0.25, -0.2) is 4.52 Å². The average Bonchev–Trinajstić information content (AvgIpc) is 3.34. The largest absolute Gasteiger partial charge is 0.417 e. The summed E-state index contributed by atoms with van der Waals surface area (Å²) in [5, 5.41) is 6.70. The molecule has 8 nitrogen and oxygen atoms in total. The molecule has 1 atom stereocenters. The Morgan fingerprint density at radius 3 is 2.40 bits per heavy atom. The van der Waals surface area contributed by atoms with Crippen molar-refractivity contribution in [2.75, 3.05) is 7.05 Å². The fourth-order valence-electron chi connectivity index (χ4n) is 5.43. The Morgan fingerprint density at radius 2 is 1.79 bits per heavy atom. The molecule has 0 radical (unpaired) electrons. The van der Waals surface area contributed by atoms with Crippen LogP contribution in [0.2, 0.25) is 5.02 Å². The first-order valence-electron chi connectivity index (χ1n) is 13.4. The molecule has 0 spiro atoms. The number of nitrogens with zero attached hydrogens (tertiary/aromatic N) is 4. The van der Waals surface area contributed by atoms with Gasteiger partial charge in [-0.1, -0.05) is 25.4 Å². The molecule has 0 bridgehead atoms. The van der Waals surface area contributed by atoms with E-state index in [9.17, 15) is 27.6 Å². The second-order valence-electron chi connectivity index (χ2n) is 10.9. The second-order valence-corrected chi connectivity index (χ2v) is 11.3. The average molecular weight is 600 g/mol. The Balaban J connectivity index is 1.64. The standard InChI is InChI=1S/C30H29ClF3N5O3/c1-16(2)11-20-14-36-39-25-15-37(28(41)19-7-10-24(31)23(13-19)30(32,33)34)17(3)12-22(25)29(42)38(27(20)39)21-8-5-18(6-9-21)26(40)35-4/h5-10,13-14,16-17H,11-12,15H2,1-4H3,(H,35,40). The molecule has 12 heteroatoms. The number of halogens is 4. The fraction of sp³-hybridized carbons (Fsp3) is 0.333. The lowest BCUT2D eigenvalue weighted by molar-refractivity contribution is -0.137. The van der Waals surface area contributed by atoms with Gasteiger partial charge in [-0.2, -0.15) is 18.3 Å². The van der Waals surface area contributed by atoms with Crippen LogP contribution in [0.5, 0.6) is 0 Å². The first kappa shape index (κ1) is 29.4. The molecule has 5 rings (SSSR count). The van der Waals surface area contributed by atoms with Gasteiger partial charge >= 0.3 is 6.18 Å². The van der Waals surface area contributed by atoms with E-state index in [0.717, 1.165) is 17.7 Å². The Morgan fingerprint density at radius 1 is 1.12 bits per heavy atom. The quantitative estimate of drug-likeness (QED) is 0.337. The van der Waals surface area contributed by atoms with Crippen molar-refractivity contribution in [2.24, 2.45) is 5.92 Å². The molecule has 4 aromatic rings. The number of benzene rings is 2. The van der Waals surface area contributed by atoms with Gasteiger partial charge in [0.2, 0.25) is 0 Å². The Hall–Kier alpha value is -4.12. The molecule has 1 aliphatic heterocycles. The van der Waals surface area contributed by atoms with Crippen LogP contribution >= 0.6 is 11.6 Å². The molecule has 0 saturated heterocycles. The maximum Gasteiger partial charge on any atom is 0.417 e. The number of hydrogen-bond donors (Lipinski definition) is 1. The lowest BCUT2D eigenvalue weighted by Crippen LogP contribution is -2.46. The van der Waals surface area contributed by atoms with E-state index in [-0.39, 0.29) is 35.9 Å². The maximum atomic E-state index is 14.1. The number of carbonyl (C=O) groups excluding carboxylic acids is 2. The highest BCUT2D eigenvalue weighted by atomic mass is 35.5. The molecular formula is C30H29ClF3N5O3. The van der Waals surface area contributed by atoms with E-state index < -0.39 is 28.7 Å². The van der Waals surface area contributed by atoms with E-state index in [1.807, 2.05) is 13.8 Å². The van der Waals surface area contributed by atoms with Gasteiger partial charge in [0.05, 0.1) is 34.7 Å². The van der Waals surface area contributed by atoms with Gasteiger partial charge in [0.15, 0.2) is 0 Å². The zero-order valence-electron chi connectivity index (χ0n) is 23.4. The van der Waals surface area contributed by atoms with E-state index in [1.54, 1.807) is 46.5 Å². The lowest BCUT2D eigenvalue weighted by Gasteiger charge is -2.35. The highest BCUT2D eigenvalue weighted by Crippen LogP contribution is 2.36. The van der Waals surface area contributed by atoms with Crippen LogP contribution in [0.15, 0.2) is 53.5 Å².